The summed E-state index contributed by atoms with van der Waals surface area (Å²) >= 11 is 6.19. The van der Waals surface area contributed by atoms with E-state index in [1.165, 1.54) is 11.4 Å². The van der Waals surface area contributed by atoms with Gasteiger partial charge in [-0.1, -0.05) is 6.07 Å². The van der Waals surface area contributed by atoms with E-state index in [9.17, 15) is 0 Å². The molecule has 1 aromatic rings. The fourth-order valence-electron chi connectivity index (χ4n) is 1.52. The molecule has 1 rings (SSSR count). The van der Waals surface area contributed by atoms with Crippen LogP contribution in [-0.4, -0.2) is 47.3 Å². The molecule has 0 spiro atoms. The van der Waals surface area contributed by atoms with Gasteiger partial charge in [0.2, 0.25) is 0 Å². The minimum atomic E-state index is 0.927. The van der Waals surface area contributed by atoms with Crippen LogP contribution in [-0.2, 0) is 6.42 Å². The summed E-state index contributed by atoms with van der Waals surface area (Å²) in [4.78, 5) is 6.80. The SMILES string of the molecule is CSCCN(CCS)CCc1ccccn1. The molecule has 0 aliphatic rings. The van der Waals surface area contributed by atoms with Crippen molar-refractivity contribution in [1.82, 2.24) is 9.88 Å². The molecular weight excluding hydrogens is 236 g/mol. The third-order valence-corrected chi connectivity index (χ3v) is 3.23. The van der Waals surface area contributed by atoms with Crippen LogP contribution in [0, 0.1) is 0 Å². The van der Waals surface area contributed by atoms with Crippen molar-refractivity contribution in [3.05, 3.63) is 30.1 Å². The molecule has 2 nitrogen and oxygen atoms in total. The predicted molar refractivity (Wildman–Crippen MR) is 76.6 cm³/mol. The zero-order valence-electron chi connectivity index (χ0n) is 9.80. The maximum Gasteiger partial charge on any atom is 0.0416 e. The summed E-state index contributed by atoms with van der Waals surface area (Å²) < 4.78 is 0. The van der Waals surface area contributed by atoms with E-state index < -0.39 is 0 Å². The molecule has 1 aromatic heterocycles. The van der Waals surface area contributed by atoms with Crippen LogP contribution in [0.25, 0.3) is 0 Å². The van der Waals surface area contributed by atoms with Crippen LogP contribution >= 0.6 is 24.4 Å². The van der Waals surface area contributed by atoms with Crippen LogP contribution in [0.15, 0.2) is 24.4 Å². The van der Waals surface area contributed by atoms with Gasteiger partial charge in [-0.2, -0.15) is 24.4 Å². The first-order valence-electron chi connectivity index (χ1n) is 5.59. The molecule has 0 bridgehead atoms. The first kappa shape index (κ1) is 13.9. The molecule has 0 saturated carbocycles. The second-order valence-electron chi connectivity index (χ2n) is 3.63. The van der Waals surface area contributed by atoms with E-state index in [0.29, 0.717) is 0 Å². The maximum absolute atomic E-state index is 4.34. The Morgan fingerprint density at radius 1 is 1.31 bits per heavy atom. The first-order valence-corrected chi connectivity index (χ1v) is 7.61. The van der Waals surface area contributed by atoms with Gasteiger partial charge in [0, 0.05) is 49.5 Å². The Morgan fingerprint density at radius 3 is 2.81 bits per heavy atom. The van der Waals surface area contributed by atoms with E-state index in [1.807, 2.05) is 30.1 Å². The molecule has 0 fully saturated rings. The minimum Gasteiger partial charge on any atom is -0.301 e. The highest BCUT2D eigenvalue weighted by Crippen LogP contribution is 2.00. The summed E-state index contributed by atoms with van der Waals surface area (Å²) in [6.45, 7) is 3.29. The van der Waals surface area contributed by atoms with Gasteiger partial charge in [0.1, 0.15) is 0 Å². The fourth-order valence-corrected chi connectivity index (χ4v) is 2.24. The van der Waals surface area contributed by atoms with Crippen molar-refractivity contribution in [1.29, 1.82) is 0 Å². The van der Waals surface area contributed by atoms with Crippen molar-refractivity contribution in [3.63, 3.8) is 0 Å². The van der Waals surface area contributed by atoms with Crippen molar-refractivity contribution in [2.24, 2.45) is 0 Å². The Labute approximate surface area is 108 Å². The normalized spacial score (nSPS) is 10.9. The highest BCUT2D eigenvalue weighted by molar-refractivity contribution is 7.98. The number of thiol groups is 1. The second kappa shape index (κ2) is 8.90. The monoisotopic (exact) mass is 256 g/mol. The predicted octanol–water partition coefficient (Wildman–Crippen LogP) is 2.22. The average Bonchev–Trinajstić information content (AvgIpc) is 2.34. The van der Waals surface area contributed by atoms with Gasteiger partial charge in [0.05, 0.1) is 0 Å². The third-order valence-electron chi connectivity index (χ3n) is 2.44. The van der Waals surface area contributed by atoms with E-state index >= 15 is 0 Å². The fraction of sp³-hybridized carbons (Fsp3) is 0.583. The Balaban J connectivity index is 2.31. The molecule has 16 heavy (non-hydrogen) atoms. The van der Waals surface area contributed by atoms with Gasteiger partial charge < -0.3 is 4.90 Å². The Kier molecular flexibility index (Phi) is 7.72. The minimum absolute atomic E-state index is 0.927. The molecule has 0 aliphatic heterocycles. The highest BCUT2D eigenvalue weighted by atomic mass is 32.2. The van der Waals surface area contributed by atoms with Crippen LogP contribution in [0.4, 0.5) is 0 Å². The van der Waals surface area contributed by atoms with Gasteiger partial charge in [-0.3, -0.25) is 4.98 Å². The summed E-state index contributed by atoms with van der Waals surface area (Å²) in [5.74, 6) is 2.12. The van der Waals surface area contributed by atoms with Crippen molar-refractivity contribution in [2.75, 3.05) is 37.4 Å². The molecule has 0 amide bonds. The Bertz CT molecular complexity index is 267. The van der Waals surface area contributed by atoms with Crippen LogP contribution in [0.2, 0.25) is 0 Å². The number of aromatic nitrogens is 1. The molecule has 4 heteroatoms. The van der Waals surface area contributed by atoms with E-state index in [-0.39, 0.29) is 0 Å². The van der Waals surface area contributed by atoms with Gasteiger partial charge >= 0.3 is 0 Å². The van der Waals surface area contributed by atoms with Crippen molar-refractivity contribution in [2.45, 2.75) is 6.42 Å². The lowest BCUT2D eigenvalue weighted by molar-refractivity contribution is 0.312. The molecule has 0 aliphatic carbocycles. The van der Waals surface area contributed by atoms with Gasteiger partial charge in [0.25, 0.3) is 0 Å². The summed E-state index contributed by atoms with van der Waals surface area (Å²) in [5.41, 5.74) is 1.18. The third kappa shape index (κ3) is 5.77. The Hall–Kier alpha value is -0.190. The largest absolute Gasteiger partial charge is 0.301 e. The molecule has 90 valence electrons. The zero-order chi connectivity index (χ0) is 11.6. The Morgan fingerprint density at radius 2 is 2.19 bits per heavy atom. The van der Waals surface area contributed by atoms with E-state index in [2.05, 4.69) is 34.8 Å². The second-order valence-corrected chi connectivity index (χ2v) is 5.06. The number of nitrogens with zero attached hydrogens (tertiary/aromatic N) is 2. The van der Waals surface area contributed by atoms with Gasteiger partial charge in [-0.05, 0) is 18.4 Å². The standard InChI is InChI=1S/C12H20N2S2/c1-16-11-9-14(8-10-15)7-5-12-4-2-3-6-13-12/h2-4,6,15H,5,7-11H2,1H3. The van der Waals surface area contributed by atoms with Crippen molar-refractivity contribution in [3.8, 4) is 0 Å². The molecular formula is C12H20N2S2. The first-order chi connectivity index (χ1) is 7.86. The lowest BCUT2D eigenvalue weighted by atomic mass is 10.2. The van der Waals surface area contributed by atoms with E-state index in [1.54, 1.807) is 0 Å². The number of thioether (sulfide) groups is 1. The topological polar surface area (TPSA) is 16.1 Å². The van der Waals surface area contributed by atoms with Crippen LogP contribution < -0.4 is 0 Å². The molecule has 0 radical (unpaired) electrons. The molecule has 0 atom stereocenters. The number of rotatable bonds is 8. The number of hydrogen-bond donors (Lipinski definition) is 1. The quantitative estimate of drug-likeness (QED) is 0.719. The smallest absolute Gasteiger partial charge is 0.0416 e. The summed E-state index contributed by atoms with van der Waals surface area (Å²) in [6.07, 6.45) is 5.04. The van der Waals surface area contributed by atoms with Crippen LogP contribution in [0.1, 0.15) is 5.69 Å². The highest BCUT2D eigenvalue weighted by Gasteiger charge is 2.03. The molecule has 0 unspecified atom stereocenters. The lowest BCUT2D eigenvalue weighted by Gasteiger charge is -2.20. The molecule has 0 N–H and O–H groups in total. The average molecular weight is 256 g/mol. The number of pyridine rings is 1. The maximum atomic E-state index is 4.34. The van der Waals surface area contributed by atoms with Gasteiger partial charge in [-0.25, -0.2) is 0 Å². The van der Waals surface area contributed by atoms with Crippen LogP contribution in [0.5, 0.6) is 0 Å². The van der Waals surface area contributed by atoms with E-state index in [0.717, 1.165) is 31.8 Å². The number of hydrogen-bond acceptors (Lipinski definition) is 4. The van der Waals surface area contributed by atoms with Gasteiger partial charge in [-0.15, -0.1) is 0 Å². The molecule has 0 aromatic carbocycles. The lowest BCUT2D eigenvalue weighted by Crippen LogP contribution is -2.30. The molecule has 0 saturated heterocycles. The zero-order valence-corrected chi connectivity index (χ0v) is 11.5. The summed E-state index contributed by atoms with van der Waals surface area (Å²) in [6, 6.07) is 6.10. The summed E-state index contributed by atoms with van der Waals surface area (Å²) in [7, 11) is 0. The summed E-state index contributed by atoms with van der Waals surface area (Å²) in [5, 5.41) is 0. The van der Waals surface area contributed by atoms with E-state index in [4.69, 9.17) is 0 Å². The molecule has 1 heterocycles. The van der Waals surface area contributed by atoms with Gasteiger partial charge in [0.15, 0.2) is 0 Å². The van der Waals surface area contributed by atoms with Crippen molar-refractivity contribution < 1.29 is 0 Å². The van der Waals surface area contributed by atoms with Crippen LogP contribution in [0.3, 0.4) is 0 Å². The van der Waals surface area contributed by atoms with Crippen molar-refractivity contribution >= 4 is 24.4 Å².